The molecule has 184 valence electrons. The van der Waals surface area contributed by atoms with Gasteiger partial charge in [0.25, 0.3) is 11.8 Å². The molecule has 1 aromatic heterocycles. The number of fused-ring (bicyclic) bond motifs is 1. The van der Waals surface area contributed by atoms with E-state index < -0.39 is 27.0 Å². The number of nitrogens with zero attached hydrogens (tertiary/aromatic N) is 1. The van der Waals surface area contributed by atoms with Crippen LogP contribution in [0.2, 0.25) is 0 Å². The van der Waals surface area contributed by atoms with Crippen LogP contribution in [-0.2, 0) is 10.1 Å². The first-order valence-corrected chi connectivity index (χ1v) is 13.3. The highest BCUT2D eigenvalue weighted by molar-refractivity contribution is 9.10. The third-order valence-corrected chi connectivity index (χ3v) is 7.45. The number of hydrogen-bond donors (Lipinski definition) is 3. The molecule has 1 aliphatic carbocycles. The van der Waals surface area contributed by atoms with Crippen molar-refractivity contribution in [3.63, 3.8) is 0 Å². The fourth-order valence-electron chi connectivity index (χ4n) is 4.45. The zero-order valence-corrected chi connectivity index (χ0v) is 21.3. The van der Waals surface area contributed by atoms with Crippen molar-refractivity contribution < 1.29 is 22.6 Å². The SMILES string of the molecule is CNC(=O)c1cc(Br)cc(S(=O)(=O)[O-])c1NC1CCCCC1NC(=O)c1cncc2ccccc12. The second-order valence-corrected chi connectivity index (χ2v) is 10.6. The van der Waals surface area contributed by atoms with Crippen LogP contribution in [0.25, 0.3) is 10.8 Å². The number of benzene rings is 2. The first-order valence-electron chi connectivity index (χ1n) is 11.1. The van der Waals surface area contributed by atoms with Gasteiger partial charge in [-0.1, -0.05) is 53.0 Å². The molecule has 1 saturated carbocycles. The van der Waals surface area contributed by atoms with Gasteiger partial charge in [-0.15, -0.1) is 0 Å². The first-order chi connectivity index (χ1) is 16.7. The normalized spacial score (nSPS) is 18.1. The van der Waals surface area contributed by atoms with Crippen LogP contribution in [0, 0.1) is 0 Å². The molecule has 2 atom stereocenters. The monoisotopic (exact) mass is 559 g/mol. The maximum absolute atomic E-state index is 13.2. The Balaban J connectivity index is 1.67. The number of halogens is 1. The minimum absolute atomic E-state index is 0.0187. The standard InChI is InChI=1S/C24H25BrN4O5S/c1-26-23(30)17-10-15(25)11-21(35(32,33)34)22(17)28-19-8-4-5-9-20(19)29-24(31)18-13-27-12-14-6-2-3-7-16(14)18/h2-3,6-7,10-13,19-20,28H,4-5,8-9H2,1H3,(H,26,30)(H,29,31)(H,32,33,34)/p-1. The van der Waals surface area contributed by atoms with Crippen LogP contribution in [0.1, 0.15) is 46.4 Å². The van der Waals surface area contributed by atoms with Gasteiger partial charge in [0, 0.05) is 41.4 Å². The topological polar surface area (TPSA) is 140 Å². The predicted octanol–water partition coefficient (Wildman–Crippen LogP) is 3.41. The van der Waals surface area contributed by atoms with E-state index in [2.05, 4.69) is 36.9 Å². The zero-order chi connectivity index (χ0) is 25.2. The Morgan fingerprint density at radius 2 is 1.74 bits per heavy atom. The van der Waals surface area contributed by atoms with Crippen molar-refractivity contribution in [2.75, 3.05) is 12.4 Å². The molecule has 2 amide bonds. The molecule has 0 radical (unpaired) electrons. The summed E-state index contributed by atoms with van der Waals surface area (Å²) in [6.07, 6.45) is 6.17. The van der Waals surface area contributed by atoms with Crippen molar-refractivity contribution in [2.24, 2.45) is 0 Å². The van der Waals surface area contributed by atoms with Crippen molar-refractivity contribution in [3.05, 3.63) is 64.4 Å². The molecule has 11 heteroatoms. The second kappa shape index (κ2) is 10.3. The third-order valence-electron chi connectivity index (χ3n) is 6.13. The largest absolute Gasteiger partial charge is 0.744 e. The predicted molar refractivity (Wildman–Crippen MR) is 134 cm³/mol. The second-order valence-electron chi connectivity index (χ2n) is 8.38. The molecule has 2 aromatic carbocycles. The molecule has 1 aliphatic rings. The summed E-state index contributed by atoms with van der Waals surface area (Å²) in [5.74, 6) is -0.844. The van der Waals surface area contributed by atoms with Crippen molar-refractivity contribution in [1.82, 2.24) is 15.6 Å². The summed E-state index contributed by atoms with van der Waals surface area (Å²) in [4.78, 5) is 29.4. The Labute approximate surface area is 211 Å². The summed E-state index contributed by atoms with van der Waals surface area (Å²) in [6.45, 7) is 0. The van der Waals surface area contributed by atoms with E-state index in [-0.39, 0.29) is 27.7 Å². The molecular formula is C24H24BrN4O5S-. The number of amides is 2. The molecule has 3 N–H and O–H groups in total. The average Bonchev–Trinajstić information content (AvgIpc) is 2.84. The fourth-order valence-corrected chi connectivity index (χ4v) is 5.75. The molecule has 35 heavy (non-hydrogen) atoms. The lowest BCUT2D eigenvalue weighted by Crippen LogP contribution is -2.49. The van der Waals surface area contributed by atoms with Crippen molar-refractivity contribution in [1.29, 1.82) is 0 Å². The highest BCUT2D eigenvalue weighted by Crippen LogP contribution is 2.33. The van der Waals surface area contributed by atoms with E-state index in [1.807, 2.05) is 24.3 Å². The molecule has 4 rings (SSSR count). The number of nitrogens with one attached hydrogen (secondary N) is 3. The quantitative estimate of drug-likeness (QED) is 0.393. The van der Waals surface area contributed by atoms with Gasteiger partial charge in [0.05, 0.1) is 21.7 Å². The number of anilines is 1. The van der Waals surface area contributed by atoms with E-state index in [9.17, 15) is 22.6 Å². The minimum Gasteiger partial charge on any atom is -0.744 e. The zero-order valence-electron chi connectivity index (χ0n) is 18.9. The summed E-state index contributed by atoms with van der Waals surface area (Å²) >= 11 is 3.18. The minimum atomic E-state index is -4.90. The lowest BCUT2D eigenvalue weighted by atomic mass is 9.89. The Bertz CT molecular complexity index is 1390. The summed E-state index contributed by atoms with van der Waals surface area (Å²) in [5, 5.41) is 10.3. The van der Waals surface area contributed by atoms with E-state index in [1.165, 1.54) is 25.4 Å². The third kappa shape index (κ3) is 5.47. The molecule has 1 fully saturated rings. The van der Waals surface area contributed by atoms with Crippen LogP contribution in [0.3, 0.4) is 0 Å². The van der Waals surface area contributed by atoms with Gasteiger partial charge in [0.2, 0.25) is 0 Å². The smallest absolute Gasteiger partial charge is 0.253 e. The van der Waals surface area contributed by atoms with Crippen LogP contribution in [0.4, 0.5) is 5.69 Å². The van der Waals surface area contributed by atoms with Crippen LogP contribution < -0.4 is 16.0 Å². The molecule has 0 aliphatic heterocycles. The molecule has 0 saturated heterocycles. The molecule has 9 nitrogen and oxygen atoms in total. The van der Waals surface area contributed by atoms with Crippen molar-refractivity contribution in [3.8, 4) is 0 Å². The Morgan fingerprint density at radius 1 is 1.03 bits per heavy atom. The number of carbonyl (C=O) groups excluding carboxylic acids is 2. The summed E-state index contributed by atoms with van der Waals surface area (Å²) in [6, 6.07) is 9.32. The van der Waals surface area contributed by atoms with Gasteiger partial charge >= 0.3 is 0 Å². The van der Waals surface area contributed by atoms with Crippen molar-refractivity contribution >= 4 is 54.3 Å². The molecular weight excluding hydrogens is 536 g/mol. The lowest BCUT2D eigenvalue weighted by molar-refractivity contribution is 0.0922. The highest BCUT2D eigenvalue weighted by Gasteiger charge is 2.30. The van der Waals surface area contributed by atoms with Crippen LogP contribution in [-0.4, -0.2) is 48.9 Å². The fraction of sp³-hybridized carbons (Fsp3) is 0.292. The van der Waals surface area contributed by atoms with E-state index in [0.29, 0.717) is 18.4 Å². The van der Waals surface area contributed by atoms with Crippen LogP contribution in [0.15, 0.2) is 58.2 Å². The maximum atomic E-state index is 13.2. The van der Waals surface area contributed by atoms with Gasteiger partial charge in [0.15, 0.2) is 0 Å². The first kappa shape index (κ1) is 25.1. The maximum Gasteiger partial charge on any atom is 0.253 e. The van der Waals surface area contributed by atoms with Gasteiger partial charge in [0.1, 0.15) is 10.1 Å². The van der Waals surface area contributed by atoms with E-state index >= 15 is 0 Å². The number of aromatic nitrogens is 1. The van der Waals surface area contributed by atoms with Crippen molar-refractivity contribution in [2.45, 2.75) is 42.7 Å². The molecule has 0 spiro atoms. The van der Waals surface area contributed by atoms with Gasteiger partial charge in [-0.2, -0.15) is 0 Å². The Hall–Kier alpha value is -3.02. The van der Waals surface area contributed by atoms with E-state index in [1.54, 1.807) is 6.20 Å². The molecule has 2 unspecified atom stereocenters. The summed E-state index contributed by atoms with van der Waals surface area (Å²) < 4.78 is 36.4. The van der Waals surface area contributed by atoms with Crippen LogP contribution in [0.5, 0.6) is 0 Å². The Morgan fingerprint density at radius 3 is 2.46 bits per heavy atom. The van der Waals surface area contributed by atoms with E-state index in [4.69, 9.17) is 0 Å². The summed E-state index contributed by atoms with van der Waals surface area (Å²) in [5.41, 5.74) is 0.385. The number of hydrogen-bond acceptors (Lipinski definition) is 7. The number of rotatable bonds is 6. The lowest BCUT2D eigenvalue weighted by Gasteiger charge is -2.35. The number of carbonyl (C=O) groups is 2. The van der Waals surface area contributed by atoms with Gasteiger partial charge in [-0.3, -0.25) is 14.6 Å². The Kier molecular flexibility index (Phi) is 7.39. The van der Waals surface area contributed by atoms with Gasteiger partial charge < -0.3 is 20.5 Å². The molecule has 3 aromatic rings. The van der Waals surface area contributed by atoms with E-state index in [0.717, 1.165) is 23.6 Å². The molecule has 0 bridgehead atoms. The van der Waals surface area contributed by atoms with Gasteiger partial charge in [-0.25, -0.2) is 8.42 Å². The van der Waals surface area contributed by atoms with Crippen LogP contribution >= 0.6 is 15.9 Å². The summed E-state index contributed by atoms with van der Waals surface area (Å²) in [7, 11) is -3.48. The number of pyridine rings is 1. The highest BCUT2D eigenvalue weighted by atomic mass is 79.9. The average molecular weight is 560 g/mol. The van der Waals surface area contributed by atoms with Gasteiger partial charge in [-0.05, 0) is 30.4 Å². The molecule has 1 heterocycles.